The molecule has 0 bridgehead atoms. The van der Waals surface area contributed by atoms with E-state index in [-0.39, 0.29) is 24.0 Å². The van der Waals surface area contributed by atoms with Gasteiger partial charge in [0.2, 0.25) is 0 Å². The highest BCUT2D eigenvalue weighted by atomic mass is 127. The predicted octanol–water partition coefficient (Wildman–Crippen LogP) is 3.55. The Morgan fingerprint density at radius 2 is 2.11 bits per heavy atom. The lowest BCUT2D eigenvalue weighted by molar-refractivity contribution is 0.0168. The van der Waals surface area contributed by atoms with Crippen LogP contribution in [0.1, 0.15) is 44.1 Å². The molecular formula is C21H34IN3O2. The molecule has 0 aromatic heterocycles. The van der Waals surface area contributed by atoms with Crippen LogP contribution in [0.25, 0.3) is 0 Å². The Hall–Kier alpha value is -0.860. The smallest absolute Gasteiger partial charge is 0.191 e. The van der Waals surface area contributed by atoms with Crippen molar-refractivity contribution in [3.63, 3.8) is 0 Å². The van der Waals surface area contributed by atoms with Crippen LogP contribution in [0, 0.1) is 5.92 Å². The van der Waals surface area contributed by atoms with Crippen LogP contribution in [0.15, 0.2) is 35.3 Å². The van der Waals surface area contributed by atoms with Gasteiger partial charge in [0.05, 0.1) is 12.7 Å². The fourth-order valence-electron chi connectivity index (χ4n) is 3.48. The molecule has 1 heterocycles. The number of guanidine groups is 1. The van der Waals surface area contributed by atoms with Gasteiger partial charge in [-0.15, -0.1) is 24.0 Å². The van der Waals surface area contributed by atoms with Crippen LogP contribution >= 0.6 is 24.0 Å². The molecule has 3 rings (SSSR count). The summed E-state index contributed by atoms with van der Waals surface area (Å²) < 4.78 is 11.3. The van der Waals surface area contributed by atoms with Gasteiger partial charge >= 0.3 is 0 Å². The molecule has 3 unspecified atom stereocenters. The topological polar surface area (TPSA) is 54.9 Å². The minimum Gasteiger partial charge on any atom is -0.379 e. The molecule has 5 nitrogen and oxygen atoms in total. The maximum absolute atomic E-state index is 5.71. The van der Waals surface area contributed by atoms with E-state index in [2.05, 4.69) is 47.9 Å². The second-order valence-corrected chi connectivity index (χ2v) is 7.22. The molecule has 2 N–H and O–H groups in total. The Morgan fingerprint density at radius 1 is 1.26 bits per heavy atom. The van der Waals surface area contributed by atoms with Crippen LogP contribution in [0.4, 0.5) is 0 Å². The van der Waals surface area contributed by atoms with E-state index >= 15 is 0 Å². The van der Waals surface area contributed by atoms with Crippen LogP contribution in [0.5, 0.6) is 0 Å². The second-order valence-electron chi connectivity index (χ2n) is 7.22. The van der Waals surface area contributed by atoms with Gasteiger partial charge < -0.3 is 20.1 Å². The van der Waals surface area contributed by atoms with Crippen molar-refractivity contribution in [1.29, 1.82) is 0 Å². The Labute approximate surface area is 180 Å². The maximum Gasteiger partial charge on any atom is 0.191 e. The number of nitrogens with zero attached hydrogens (tertiary/aromatic N) is 1. The van der Waals surface area contributed by atoms with E-state index in [1.54, 1.807) is 0 Å². The van der Waals surface area contributed by atoms with Gasteiger partial charge in [0.15, 0.2) is 5.96 Å². The molecular weight excluding hydrogens is 453 g/mol. The Morgan fingerprint density at radius 3 is 2.85 bits per heavy atom. The lowest BCUT2D eigenvalue weighted by Crippen LogP contribution is -2.38. The summed E-state index contributed by atoms with van der Waals surface area (Å²) in [5.74, 6) is 2.29. The highest BCUT2D eigenvalue weighted by molar-refractivity contribution is 14.0. The summed E-state index contributed by atoms with van der Waals surface area (Å²) in [5, 5.41) is 6.75. The first kappa shape index (κ1) is 22.4. The van der Waals surface area contributed by atoms with Crippen molar-refractivity contribution in [2.45, 2.75) is 44.6 Å². The summed E-state index contributed by atoms with van der Waals surface area (Å²) in [6.07, 6.45) is 4.86. The Balaban J connectivity index is 0.00000261. The molecule has 1 saturated heterocycles. The molecule has 27 heavy (non-hydrogen) atoms. The molecule has 2 fully saturated rings. The van der Waals surface area contributed by atoms with Crippen LogP contribution in [0.3, 0.4) is 0 Å². The first-order valence-electron chi connectivity index (χ1n) is 10.1. The van der Waals surface area contributed by atoms with Crippen molar-refractivity contribution in [1.82, 2.24) is 10.6 Å². The fourth-order valence-corrected chi connectivity index (χ4v) is 3.48. The van der Waals surface area contributed by atoms with Gasteiger partial charge in [-0.25, -0.2) is 0 Å². The summed E-state index contributed by atoms with van der Waals surface area (Å²) in [4.78, 5) is 4.77. The predicted molar refractivity (Wildman–Crippen MR) is 121 cm³/mol. The second kappa shape index (κ2) is 12.6. The van der Waals surface area contributed by atoms with Gasteiger partial charge in [-0.05, 0) is 50.0 Å². The molecule has 1 aliphatic heterocycles. The number of benzene rings is 1. The third-order valence-corrected chi connectivity index (χ3v) is 5.06. The van der Waals surface area contributed by atoms with Gasteiger partial charge in [0.25, 0.3) is 0 Å². The molecule has 3 atom stereocenters. The summed E-state index contributed by atoms with van der Waals surface area (Å²) in [6, 6.07) is 10.8. The maximum atomic E-state index is 5.71. The number of ether oxygens (including phenoxy) is 2. The molecule has 2 aliphatic rings. The standard InChI is InChI=1S/C21H33N3O2.HI/c1-2-22-21(23-11-7-12-25-16-19-10-6-13-26-19)24-15-18-14-20(18)17-8-4-3-5-9-17;/h3-5,8-9,18-20H,2,6-7,10-16H2,1H3,(H2,22,23,24);1H. The Kier molecular flexibility index (Phi) is 10.4. The summed E-state index contributed by atoms with van der Waals surface area (Å²) in [7, 11) is 0. The van der Waals surface area contributed by atoms with Crippen molar-refractivity contribution in [2.24, 2.45) is 10.9 Å². The molecule has 0 spiro atoms. The molecule has 1 aromatic rings. The zero-order chi connectivity index (χ0) is 18.0. The van der Waals surface area contributed by atoms with Crippen molar-refractivity contribution in [3.05, 3.63) is 35.9 Å². The molecule has 1 aliphatic carbocycles. The molecule has 1 saturated carbocycles. The van der Waals surface area contributed by atoms with Crippen molar-refractivity contribution < 1.29 is 9.47 Å². The van der Waals surface area contributed by atoms with E-state index in [0.29, 0.717) is 17.9 Å². The van der Waals surface area contributed by atoms with Crippen molar-refractivity contribution in [2.75, 3.05) is 39.5 Å². The van der Waals surface area contributed by atoms with Crippen molar-refractivity contribution in [3.8, 4) is 0 Å². The van der Waals surface area contributed by atoms with Crippen LogP contribution in [-0.4, -0.2) is 51.5 Å². The van der Waals surface area contributed by atoms with E-state index in [9.17, 15) is 0 Å². The normalized spacial score (nSPS) is 24.3. The summed E-state index contributed by atoms with van der Waals surface area (Å²) in [5.41, 5.74) is 1.45. The minimum atomic E-state index is 0. The van der Waals surface area contributed by atoms with E-state index in [1.807, 2.05) is 0 Å². The highest BCUT2D eigenvalue weighted by Gasteiger charge is 2.37. The number of nitrogens with one attached hydrogen (secondary N) is 2. The Bertz CT molecular complexity index is 550. The molecule has 6 heteroatoms. The van der Waals surface area contributed by atoms with E-state index in [1.165, 1.54) is 18.4 Å². The lowest BCUT2D eigenvalue weighted by Gasteiger charge is -2.12. The fraction of sp³-hybridized carbons (Fsp3) is 0.667. The minimum absolute atomic E-state index is 0. The zero-order valence-electron chi connectivity index (χ0n) is 16.4. The van der Waals surface area contributed by atoms with Crippen LogP contribution in [0.2, 0.25) is 0 Å². The molecule has 1 aromatic carbocycles. The molecule has 0 amide bonds. The van der Waals surface area contributed by atoms with Gasteiger partial charge in [0, 0.05) is 32.8 Å². The first-order valence-corrected chi connectivity index (χ1v) is 10.1. The summed E-state index contributed by atoms with van der Waals surface area (Å²) >= 11 is 0. The van der Waals surface area contributed by atoms with Gasteiger partial charge in [-0.2, -0.15) is 0 Å². The largest absolute Gasteiger partial charge is 0.379 e. The number of hydrogen-bond donors (Lipinski definition) is 2. The summed E-state index contributed by atoms with van der Waals surface area (Å²) in [6.45, 7) is 7.15. The third-order valence-electron chi connectivity index (χ3n) is 5.06. The zero-order valence-corrected chi connectivity index (χ0v) is 18.7. The molecule has 152 valence electrons. The monoisotopic (exact) mass is 487 g/mol. The number of halogens is 1. The average molecular weight is 487 g/mol. The van der Waals surface area contributed by atoms with Gasteiger partial charge in [-0.3, -0.25) is 4.99 Å². The average Bonchev–Trinajstić information content (AvgIpc) is 3.27. The highest BCUT2D eigenvalue weighted by Crippen LogP contribution is 2.47. The van der Waals surface area contributed by atoms with Gasteiger partial charge in [-0.1, -0.05) is 30.3 Å². The number of aliphatic imine (C=N–C) groups is 1. The number of rotatable bonds is 10. The van der Waals surface area contributed by atoms with E-state index in [0.717, 1.165) is 58.3 Å². The molecule has 0 radical (unpaired) electrons. The van der Waals surface area contributed by atoms with Crippen LogP contribution in [-0.2, 0) is 9.47 Å². The first-order chi connectivity index (χ1) is 12.9. The van der Waals surface area contributed by atoms with Crippen molar-refractivity contribution >= 4 is 29.9 Å². The quantitative estimate of drug-likeness (QED) is 0.230. The van der Waals surface area contributed by atoms with E-state index < -0.39 is 0 Å². The lowest BCUT2D eigenvalue weighted by atomic mass is 10.1. The SMILES string of the molecule is CCNC(=NCC1CC1c1ccccc1)NCCCOCC1CCCO1.I. The number of hydrogen-bond acceptors (Lipinski definition) is 3. The third kappa shape index (κ3) is 7.95. The van der Waals surface area contributed by atoms with E-state index in [4.69, 9.17) is 14.5 Å². The van der Waals surface area contributed by atoms with Gasteiger partial charge in [0.1, 0.15) is 0 Å². The van der Waals surface area contributed by atoms with Crippen LogP contribution < -0.4 is 10.6 Å².